The molecule has 2 aromatic rings. The third kappa shape index (κ3) is 3.60. The van der Waals surface area contributed by atoms with Crippen molar-refractivity contribution >= 4 is 17.3 Å². The van der Waals surface area contributed by atoms with Gasteiger partial charge >= 0.3 is 0 Å². The van der Waals surface area contributed by atoms with E-state index in [2.05, 4.69) is 5.32 Å². The molecule has 0 unspecified atom stereocenters. The van der Waals surface area contributed by atoms with Crippen LogP contribution in [0.2, 0.25) is 0 Å². The summed E-state index contributed by atoms with van der Waals surface area (Å²) in [6.45, 7) is 3.29. The number of carbonyl (C=O) groups is 1. The highest BCUT2D eigenvalue weighted by Crippen LogP contribution is 2.27. The Bertz CT molecular complexity index is 713. The number of benzene rings is 2. The van der Waals surface area contributed by atoms with Crippen LogP contribution >= 0.6 is 0 Å². The fourth-order valence-corrected chi connectivity index (χ4v) is 2.06. The van der Waals surface area contributed by atoms with E-state index in [1.54, 1.807) is 43.3 Å². The zero-order valence-electron chi connectivity index (χ0n) is 12.3. The van der Waals surface area contributed by atoms with E-state index in [0.29, 0.717) is 17.0 Å². The molecular weight excluding hydrogens is 284 g/mol. The van der Waals surface area contributed by atoms with Crippen molar-refractivity contribution < 1.29 is 14.5 Å². The minimum absolute atomic E-state index is 0.0660. The van der Waals surface area contributed by atoms with Crippen LogP contribution in [0, 0.1) is 17.0 Å². The van der Waals surface area contributed by atoms with Gasteiger partial charge in [-0.25, -0.2) is 0 Å². The molecule has 6 nitrogen and oxygen atoms in total. The van der Waals surface area contributed by atoms with Gasteiger partial charge < -0.3 is 10.1 Å². The van der Waals surface area contributed by atoms with Crippen molar-refractivity contribution in [1.82, 2.24) is 0 Å². The predicted molar refractivity (Wildman–Crippen MR) is 82.9 cm³/mol. The number of rotatable bonds is 5. The van der Waals surface area contributed by atoms with Crippen molar-refractivity contribution in [2.75, 3.05) is 5.32 Å². The van der Waals surface area contributed by atoms with Crippen molar-refractivity contribution in [3.8, 4) is 5.75 Å². The molecule has 22 heavy (non-hydrogen) atoms. The van der Waals surface area contributed by atoms with Gasteiger partial charge in [0.15, 0.2) is 0 Å². The van der Waals surface area contributed by atoms with Crippen LogP contribution in [-0.2, 0) is 11.4 Å². The Kier molecular flexibility index (Phi) is 4.73. The van der Waals surface area contributed by atoms with Crippen molar-refractivity contribution in [3.05, 3.63) is 63.7 Å². The van der Waals surface area contributed by atoms with Gasteiger partial charge in [0.1, 0.15) is 12.4 Å². The first-order chi connectivity index (χ1) is 10.5. The summed E-state index contributed by atoms with van der Waals surface area (Å²) in [4.78, 5) is 21.7. The lowest BCUT2D eigenvalue weighted by molar-refractivity contribution is -0.385. The highest BCUT2D eigenvalue weighted by molar-refractivity contribution is 5.90. The third-order valence-electron chi connectivity index (χ3n) is 3.20. The van der Waals surface area contributed by atoms with E-state index in [9.17, 15) is 14.9 Å². The summed E-state index contributed by atoms with van der Waals surface area (Å²) in [5.41, 5.74) is 1.94. The second-order valence-electron chi connectivity index (χ2n) is 4.78. The Labute approximate surface area is 127 Å². The maximum Gasteiger partial charge on any atom is 0.272 e. The van der Waals surface area contributed by atoms with Crippen molar-refractivity contribution in [2.45, 2.75) is 20.5 Å². The SMILES string of the molecule is CC(=O)Nc1ccccc1OCc1cccc([N+](=O)[O-])c1C. The number of hydrogen-bond acceptors (Lipinski definition) is 4. The molecule has 0 heterocycles. The first kappa shape index (κ1) is 15.5. The van der Waals surface area contributed by atoms with E-state index in [1.165, 1.54) is 13.0 Å². The van der Waals surface area contributed by atoms with E-state index in [0.717, 1.165) is 5.56 Å². The molecule has 0 saturated carbocycles. The summed E-state index contributed by atoms with van der Waals surface area (Å²) in [6, 6.07) is 11.9. The second kappa shape index (κ2) is 6.71. The standard InChI is InChI=1S/C16H16N2O4/c1-11-13(6-5-8-15(11)18(20)21)10-22-16-9-4-3-7-14(16)17-12(2)19/h3-9H,10H2,1-2H3,(H,17,19). The van der Waals surface area contributed by atoms with Crippen LogP contribution in [0.15, 0.2) is 42.5 Å². The minimum atomic E-state index is -0.413. The lowest BCUT2D eigenvalue weighted by atomic mass is 10.1. The number of ether oxygens (including phenoxy) is 1. The molecular formula is C16H16N2O4. The van der Waals surface area contributed by atoms with E-state index >= 15 is 0 Å². The number of hydrogen-bond donors (Lipinski definition) is 1. The molecule has 0 saturated heterocycles. The number of nitro benzene ring substituents is 1. The molecule has 0 atom stereocenters. The average Bonchev–Trinajstić information content (AvgIpc) is 2.46. The maximum absolute atomic E-state index is 11.2. The molecule has 0 aromatic heterocycles. The topological polar surface area (TPSA) is 81.5 Å². The molecule has 114 valence electrons. The number of anilines is 1. The van der Waals surface area contributed by atoms with E-state index in [4.69, 9.17) is 4.74 Å². The van der Waals surface area contributed by atoms with Gasteiger partial charge in [-0.3, -0.25) is 14.9 Å². The Morgan fingerprint density at radius 1 is 1.23 bits per heavy atom. The first-order valence-electron chi connectivity index (χ1n) is 6.71. The highest BCUT2D eigenvalue weighted by Gasteiger charge is 2.14. The third-order valence-corrected chi connectivity index (χ3v) is 3.20. The molecule has 0 bridgehead atoms. The fraction of sp³-hybridized carbons (Fsp3) is 0.188. The normalized spacial score (nSPS) is 10.1. The smallest absolute Gasteiger partial charge is 0.272 e. The van der Waals surface area contributed by atoms with Gasteiger partial charge in [0.2, 0.25) is 5.91 Å². The summed E-state index contributed by atoms with van der Waals surface area (Å²) in [5.74, 6) is 0.325. The van der Waals surface area contributed by atoms with Crippen LogP contribution in [0.5, 0.6) is 5.75 Å². The summed E-state index contributed by atoms with van der Waals surface area (Å²) < 4.78 is 5.70. The van der Waals surface area contributed by atoms with Crippen molar-refractivity contribution in [3.63, 3.8) is 0 Å². The minimum Gasteiger partial charge on any atom is -0.487 e. The van der Waals surface area contributed by atoms with Crippen LogP contribution in [-0.4, -0.2) is 10.8 Å². The van der Waals surface area contributed by atoms with E-state index < -0.39 is 4.92 Å². The second-order valence-corrected chi connectivity index (χ2v) is 4.78. The molecule has 2 rings (SSSR count). The Morgan fingerprint density at radius 2 is 1.95 bits per heavy atom. The molecule has 0 aliphatic heterocycles. The number of nitrogens with zero attached hydrogens (tertiary/aromatic N) is 1. The Morgan fingerprint density at radius 3 is 2.64 bits per heavy atom. The molecule has 0 radical (unpaired) electrons. The van der Waals surface area contributed by atoms with Gasteiger partial charge in [0.05, 0.1) is 10.6 Å². The number of nitro groups is 1. The molecule has 0 aliphatic rings. The maximum atomic E-state index is 11.2. The predicted octanol–water partition coefficient (Wildman–Crippen LogP) is 3.44. The monoisotopic (exact) mass is 300 g/mol. The quantitative estimate of drug-likeness (QED) is 0.677. The molecule has 0 spiro atoms. The van der Waals surface area contributed by atoms with Crippen LogP contribution in [0.25, 0.3) is 0 Å². The van der Waals surface area contributed by atoms with Crippen LogP contribution in [0.3, 0.4) is 0 Å². The summed E-state index contributed by atoms with van der Waals surface area (Å²) in [6.07, 6.45) is 0. The van der Waals surface area contributed by atoms with Crippen molar-refractivity contribution in [2.24, 2.45) is 0 Å². The lowest BCUT2D eigenvalue weighted by Crippen LogP contribution is -2.08. The van der Waals surface area contributed by atoms with Gasteiger partial charge in [0, 0.05) is 18.6 Å². The summed E-state index contributed by atoms with van der Waals surface area (Å²) >= 11 is 0. The van der Waals surface area contributed by atoms with E-state index in [-0.39, 0.29) is 18.2 Å². The van der Waals surface area contributed by atoms with E-state index in [1.807, 2.05) is 0 Å². The van der Waals surface area contributed by atoms with Gasteiger partial charge in [-0.05, 0) is 24.6 Å². The summed E-state index contributed by atoms with van der Waals surface area (Å²) in [7, 11) is 0. The zero-order chi connectivity index (χ0) is 16.1. The average molecular weight is 300 g/mol. The van der Waals surface area contributed by atoms with Gasteiger partial charge in [-0.1, -0.05) is 24.3 Å². The van der Waals surface area contributed by atoms with Crippen LogP contribution in [0.1, 0.15) is 18.1 Å². The largest absolute Gasteiger partial charge is 0.487 e. The van der Waals surface area contributed by atoms with Crippen LogP contribution < -0.4 is 10.1 Å². The lowest BCUT2D eigenvalue weighted by Gasteiger charge is -2.12. The number of para-hydroxylation sites is 2. The molecule has 6 heteroatoms. The number of amides is 1. The fourth-order valence-electron chi connectivity index (χ4n) is 2.06. The Hall–Kier alpha value is -2.89. The first-order valence-corrected chi connectivity index (χ1v) is 6.71. The number of carbonyl (C=O) groups excluding carboxylic acids is 1. The van der Waals surface area contributed by atoms with Crippen molar-refractivity contribution in [1.29, 1.82) is 0 Å². The molecule has 1 amide bonds. The summed E-state index contributed by atoms with van der Waals surface area (Å²) in [5, 5.41) is 13.6. The van der Waals surface area contributed by atoms with Crippen LogP contribution in [0.4, 0.5) is 11.4 Å². The van der Waals surface area contributed by atoms with Gasteiger partial charge in [-0.2, -0.15) is 0 Å². The number of nitrogens with one attached hydrogen (secondary N) is 1. The molecule has 1 N–H and O–H groups in total. The Balaban J connectivity index is 2.19. The molecule has 0 fully saturated rings. The van der Waals surface area contributed by atoms with Gasteiger partial charge in [0.25, 0.3) is 5.69 Å². The molecule has 2 aromatic carbocycles. The highest BCUT2D eigenvalue weighted by atomic mass is 16.6. The molecule has 0 aliphatic carbocycles. The van der Waals surface area contributed by atoms with Gasteiger partial charge in [-0.15, -0.1) is 0 Å². The zero-order valence-corrected chi connectivity index (χ0v) is 12.3.